The molecule has 1 saturated carbocycles. The molecule has 0 radical (unpaired) electrons. The fourth-order valence-electron chi connectivity index (χ4n) is 2.45. The predicted octanol–water partition coefficient (Wildman–Crippen LogP) is 3.47. The minimum Gasteiger partial charge on any atom is -0.493 e. The van der Waals surface area contributed by atoms with Crippen molar-refractivity contribution in [2.75, 3.05) is 13.7 Å². The van der Waals surface area contributed by atoms with Gasteiger partial charge in [0.15, 0.2) is 11.5 Å². The van der Waals surface area contributed by atoms with Gasteiger partial charge in [0.1, 0.15) is 6.61 Å². The first-order valence-corrected chi connectivity index (χ1v) is 6.38. The van der Waals surface area contributed by atoms with Gasteiger partial charge in [0, 0.05) is 0 Å². The number of nitriles is 1. The topological polar surface area (TPSA) is 42.2 Å². The summed E-state index contributed by atoms with van der Waals surface area (Å²) in [6, 6.07) is 8.28. The lowest BCUT2D eigenvalue weighted by Crippen LogP contribution is -2.23. The Bertz CT molecular complexity index is 456. The average molecular weight is 245 g/mol. The Kier molecular flexibility index (Phi) is 3.76. The highest BCUT2D eigenvalue weighted by atomic mass is 16.5. The van der Waals surface area contributed by atoms with E-state index in [1.807, 2.05) is 25.1 Å². The van der Waals surface area contributed by atoms with E-state index in [9.17, 15) is 5.26 Å². The molecular weight excluding hydrogens is 226 g/mol. The van der Waals surface area contributed by atoms with Crippen LogP contribution in [0.5, 0.6) is 11.5 Å². The van der Waals surface area contributed by atoms with Gasteiger partial charge in [-0.05, 0) is 37.5 Å². The number of ether oxygens (including phenoxy) is 2. The van der Waals surface area contributed by atoms with Crippen LogP contribution in [0.2, 0.25) is 0 Å². The number of aryl methyl sites for hydroxylation is 1. The molecule has 0 unspecified atom stereocenters. The summed E-state index contributed by atoms with van der Waals surface area (Å²) in [5.41, 5.74) is 0.839. The van der Waals surface area contributed by atoms with E-state index in [1.165, 1.54) is 0 Å². The predicted molar refractivity (Wildman–Crippen MR) is 69.7 cm³/mol. The molecule has 0 aliphatic heterocycles. The maximum Gasteiger partial charge on any atom is 0.161 e. The molecule has 0 heterocycles. The second-order valence-electron chi connectivity index (χ2n) is 5.04. The van der Waals surface area contributed by atoms with Gasteiger partial charge in [-0.15, -0.1) is 0 Å². The number of rotatable bonds is 4. The summed E-state index contributed by atoms with van der Waals surface area (Å²) in [7, 11) is 1.64. The van der Waals surface area contributed by atoms with E-state index >= 15 is 0 Å². The van der Waals surface area contributed by atoms with Gasteiger partial charge in [-0.2, -0.15) is 5.26 Å². The van der Waals surface area contributed by atoms with Gasteiger partial charge < -0.3 is 9.47 Å². The molecule has 0 aromatic heterocycles. The molecule has 3 nitrogen and oxygen atoms in total. The molecule has 0 saturated heterocycles. The Hall–Kier alpha value is -1.69. The van der Waals surface area contributed by atoms with Crippen LogP contribution in [0.15, 0.2) is 18.2 Å². The van der Waals surface area contributed by atoms with Gasteiger partial charge in [0.2, 0.25) is 0 Å². The van der Waals surface area contributed by atoms with E-state index in [-0.39, 0.29) is 5.41 Å². The van der Waals surface area contributed by atoms with Gasteiger partial charge in [0.05, 0.1) is 18.6 Å². The molecule has 0 spiro atoms. The lowest BCUT2D eigenvalue weighted by molar-refractivity contribution is 0.194. The van der Waals surface area contributed by atoms with Crippen molar-refractivity contribution in [1.82, 2.24) is 0 Å². The Balaban J connectivity index is 2.08. The van der Waals surface area contributed by atoms with E-state index in [0.29, 0.717) is 6.61 Å². The molecule has 1 aromatic carbocycles. The zero-order chi connectivity index (χ0) is 13.0. The molecule has 1 aliphatic carbocycles. The van der Waals surface area contributed by atoms with Gasteiger partial charge >= 0.3 is 0 Å². The summed E-state index contributed by atoms with van der Waals surface area (Å²) in [5.74, 6) is 1.46. The van der Waals surface area contributed by atoms with Crippen LogP contribution in [-0.4, -0.2) is 13.7 Å². The van der Waals surface area contributed by atoms with Crippen molar-refractivity contribution < 1.29 is 9.47 Å². The first-order valence-electron chi connectivity index (χ1n) is 6.38. The largest absolute Gasteiger partial charge is 0.493 e. The molecule has 0 amide bonds. The van der Waals surface area contributed by atoms with Crippen molar-refractivity contribution in [1.29, 1.82) is 5.26 Å². The van der Waals surface area contributed by atoms with Crippen molar-refractivity contribution in [3.63, 3.8) is 0 Å². The summed E-state index contributed by atoms with van der Waals surface area (Å²) in [4.78, 5) is 0. The number of hydrogen-bond donors (Lipinski definition) is 0. The van der Waals surface area contributed by atoms with Crippen LogP contribution in [-0.2, 0) is 0 Å². The van der Waals surface area contributed by atoms with Crippen molar-refractivity contribution in [2.24, 2.45) is 5.41 Å². The van der Waals surface area contributed by atoms with Crippen molar-refractivity contribution in [2.45, 2.75) is 32.6 Å². The standard InChI is InChI=1S/C15H19NO2/c1-12-5-6-13(14(9-12)17-2)18-11-15(10-16)7-3-4-8-15/h5-6,9H,3-4,7-8,11H2,1-2H3. The molecule has 0 bridgehead atoms. The lowest BCUT2D eigenvalue weighted by atomic mass is 9.89. The Labute approximate surface area is 108 Å². The van der Waals surface area contributed by atoms with E-state index in [1.54, 1.807) is 7.11 Å². The Morgan fingerprint density at radius 1 is 1.28 bits per heavy atom. The molecule has 96 valence electrons. The fraction of sp³-hybridized carbons (Fsp3) is 0.533. The summed E-state index contributed by atoms with van der Waals surface area (Å²) in [6.45, 7) is 2.48. The van der Waals surface area contributed by atoms with E-state index in [4.69, 9.17) is 9.47 Å². The highest BCUT2D eigenvalue weighted by molar-refractivity contribution is 5.42. The van der Waals surface area contributed by atoms with Gasteiger partial charge in [0.25, 0.3) is 0 Å². The van der Waals surface area contributed by atoms with E-state index in [0.717, 1.165) is 42.7 Å². The lowest BCUT2D eigenvalue weighted by Gasteiger charge is -2.21. The fourth-order valence-corrected chi connectivity index (χ4v) is 2.45. The van der Waals surface area contributed by atoms with E-state index in [2.05, 4.69) is 6.07 Å². The number of methoxy groups -OCH3 is 1. The zero-order valence-electron chi connectivity index (χ0n) is 11.0. The monoisotopic (exact) mass is 245 g/mol. The molecule has 2 rings (SSSR count). The van der Waals surface area contributed by atoms with Crippen LogP contribution in [0.4, 0.5) is 0 Å². The molecule has 1 aliphatic rings. The van der Waals surface area contributed by atoms with Gasteiger partial charge in [-0.3, -0.25) is 0 Å². The van der Waals surface area contributed by atoms with Crippen LogP contribution >= 0.6 is 0 Å². The first-order chi connectivity index (χ1) is 8.69. The van der Waals surface area contributed by atoms with Crippen LogP contribution in [0.1, 0.15) is 31.2 Å². The summed E-state index contributed by atoms with van der Waals surface area (Å²) >= 11 is 0. The molecule has 0 atom stereocenters. The van der Waals surface area contributed by atoms with Gasteiger partial charge in [-0.1, -0.05) is 18.9 Å². The normalized spacial score (nSPS) is 17.2. The number of nitrogens with zero attached hydrogens (tertiary/aromatic N) is 1. The molecule has 18 heavy (non-hydrogen) atoms. The number of benzene rings is 1. The maximum atomic E-state index is 9.30. The minimum atomic E-state index is -0.296. The average Bonchev–Trinajstić information content (AvgIpc) is 2.86. The van der Waals surface area contributed by atoms with Crippen LogP contribution < -0.4 is 9.47 Å². The van der Waals surface area contributed by atoms with Crippen molar-refractivity contribution >= 4 is 0 Å². The SMILES string of the molecule is COc1cc(C)ccc1OCC1(C#N)CCCC1. The van der Waals surface area contributed by atoms with Crippen molar-refractivity contribution in [3.8, 4) is 17.6 Å². The molecule has 0 N–H and O–H groups in total. The molecular formula is C15H19NO2. The summed E-state index contributed by atoms with van der Waals surface area (Å²) < 4.78 is 11.1. The Morgan fingerprint density at radius 3 is 2.61 bits per heavy atom. The highest BCUT2D eigenvalue weighted by Crippen LogP contribution is 2.39. The van der Waals surface area contributed by atoms with Crippen molar-refractivity contribution in [3.05, 3.63) is 23.8 Å². The Morgan fingerprint density at radius 2 is 2.00 bits per heavy atom. The first kappa shape index (κ1) is 12.8. The minimum absolute atomic E-state index is 0.296. The smallest absolute Gasteiger partial charge is 0.161 e. The third-order valence-corrected chi connectivity index (χ3v) is 3.62. The zero-order valence-corrected chi connectivity index (χ0v) is 11.0. The highest BCUT2D eigenvalue weighted by Gasteiger charge is 2.35. The summed E-state index contributed by atoms with van der Waals surface area (Å²) in [6.07, 6.45) is 4.14. The van der Waals surface area contributed by atoms with Crippen LogP contribution in [0.3, 0.4) is 0 Å². The van der Waals surface area contributed by atoms with Crippen LogP contribution in [0.25, 0.3) is 0 Å². The molecule has 1 aromatic rings. The van der Waals surface area contributed by atoms with Gasteiger partial charge in [-0.25, -0.2) is 0 Å². The second-order valence-corrected chi connectivity index (χ2v) is 5.04. The van der Waals surface area contributed by atoms with E-state index < -0.39 is 0 Å². The molecule has 3 heteroatoms. The third-order valence-electron chi connectivity index (χ3n) is 3.62. The maximum absolute atomic E-state index is 9.30. The summed E-state index contributed by atoms with van der Waals surface area (Å²) in [5, 5.41) is 9.30. The quantitative estimate of drug-likeness (QED) is 0.815. The van der Waals surface area contributed by atoms with Crippen LogP contribution in [0, 0.1) is 23.7 Å². The second kappa shape index (κ2) is 5.30. The number of hydrogen-bond acceptors (Lipinski definition) is 3. The third kappa shape index (κ3) is 2.59. The molecule has 1 fully saturated rings.